The third kappa shape index (κ3) is 2.40. The molecule has 114 valence electrons. The normalized spacial score (nSPS) is 12.3. The lowest BCUT2D eigenvalue weighted by molar-refractivity contribution is 0.0702. The molecule has 0 amide bonds. The number of aromatic nitrogens is 2. The molecule has 2 aromatic heterocycles. The lowest BCUT2D eigenvalue weighted by Crippen LogP contribution is -1.95. The zero-order chi connectivity index (χ0) is 15.8. The molecule has 1 aliphatic rings. The number of thiazole rings is 1. The Hall–Kier alpha value is -2.93. The van der Waals surface area contributed by atoms with Crippen LogP contribution in [-0.4, -0.2) is 27.8 Å². The van der Waals surface area contributed by atoms with E-state index in [0.29, 0.717) is 27.8 Å². The van der Waals surface area contributed by atoms with E-state index in [-0.39, 0.29) is 11.7 Å². The van der Waals surface area contributed by atoms with Gasteiger partial charge in [-0.25, -0.2) is 9.78 Å². The molecular weight excluding hydrogens is 316 g/mol. The molecule has 0 spiro atoms. The maximum atomic E-state index is 11.6. The fraction of sp³-hybridized carbons (Fsp3) is 0.0625. The smallest absolute Gasteiger partial charge is 0.348 e. The van der Waals surface area contributed by atoms with Crippen LogP contribution in [0.5, 0.6) is 11.5 Å². The largest absolute Gasteiger partial charge is 0.477 e. The molecule has 1 aromatic carbocycles. The first-order valence-corrected chi connectivity index (χ1v) is 7.58. The van der Waals surface area contributed by atoms with E-state index in [0.717, 1.165) is 16.9 Å². The number of carboxylic acids is 1. The van der Waals surface area contributed by atoms with Crippen LogP contribution >= 0.6 is 11.3 Å². The molecule has 0 aliphatic carbocycles. The Labute approximate surface area is 135 Å². The highest BCUT2D eigenvalue weighted by molar-refractivity contribution is 7.17. The summed E-state index contributed by atoms with van der Waals surface area (Å²) >= 11 is 1.13. The van der Waals surface area contributed by atoms with E-state index < -0.39 is 5.97 Å². The van der Waals surface area contributed by atoms with Gasteiger partial charge in [0, 0.05) is 23.5 Å². The third-order valence-electron chi connectivity index (χ3n) is 3.38. The first-order chi connectivity index (χ1) is 11.2. The molecule has 3 heterocycles. The number of ether oxygens (including phenoxy) is 2. The quantitative estimate of drug-likeness (QED) is 0.795. The Morgan fingerprint density at radius 2 is 2.04 bits per heavy atom. The number of pyridine rings is 1. The van der Waals surface area contributed by atoms with Crippen LogP contribution in [-0.2, 0) is 0 Å². The van der Waals surface area contributed by atoms with E-state index in [9.17, 15) is 9.90 Å². The van der Waals surface area contributed by atoms with Crippen LogP contribution in [0.2, 0.25) is 0 Å². The second-order valence-electron chi connectivity index (χ2n) is 4.81. The van der Waals surface area contributed by atoms with Crippen LogP contribution in [0, 0.1) is 0 Å². The Morgan fingerprint density at radius 1 is 1.17 bits per heavy atom. The Morgan fingerprint density at radius 3 is 2.83 bits per heavy atom. The number of carboxylic acid groups (broad SMARTS) is 1. The van der Waals surface area contributed by atoms with Gasteiger partial charge in [0.2, 0.25) is 6.79 Å². The monoisotopic (exact) mass is 326 g/mol. The predicted octanol–water partition coefficient (Wildman–Crippen LogP) is 3.30. The molecule has 4 rings (SSSR count). The molecule has 6 nitrogen and oxygen atoms in total. The van der Waals surface area contributed by atoms with Crippen LogP contribution in [0.3, 0.4) is 0 Å². The van der Waals surface area contributed by atoms with Crippen LogP contribution in [0.25, 0.3) is 21.8 Å². The number of hydrogen-bond donors (Lipinski definition) is 1. The third-order valence-corrected chi connectivity index (χ3v) is 4.47. The molecule has 0 bridgehead atoms. The molecule has 0 radical (unpaired) electrons. The van der Waals surface area contributed by atoms with Gasteiger partial charge in [-0.1, -0.05) is 0 Å². The molecule has 0 saturated carbocycles. The first-order valence-electron chi connectivity index (χ1n) is 6.77. The van der Waals surface area contributed by atoms with Crippen molar-refractivity contribution in [2.24, 2.45) is 0 Å². The highest BCUT2D eigenvalue weighted by Crippen LogP contribution is 2.39. The molecule has 0 unspecified atom stereocenters. The lowest BCUT2D eigenvalue weighted by Gasteiger charge is -2.01. The van der Waals surface area contributed by atoms with Crippen molar-refractivity contribution < 1.29 is 19.4 Å². The molecule has 0 atom stereocenters. The molecule has 23 heavy (non-hydrogen) atoms. The van der Waals surface area contributed by atoms with Gasteiger partial charge in [-0.2, -0.15) is 0 Å². The van der Waals surface area contributed by atoms with Gasteiger partial charge in [-0.15, -0.1) is 11.3 Å². The SMILES string of the molecule is O=C(O)c1sc(-c2cccnc2)nc1-c1ccc2c(c1)OCO2. The minimum Gasteiger partial charge on any atom is -0.477 e. The zero-order valence-electron chi connectivity index (χ0n) is 11.7. The van der Waals surface area contributed by atoms with Crippen molar-refractivity contribution in [3.05, 3.63) is 47.6 Å². The molecule has 1 N–H and O–H groups in total. The lowest BCUT2D eigenvalue weighted by atomic mass is 10.1. The van der Waals surface area contributed by atoms with E-state index in [2.05, 4.69) is 9.97 Å². The Bertz CT molecular complexity index is 892. The highest BCUT2D eigenvalue weighted by atomic mass is 32.1. The second kappa shape index (κ2) is 5.36. The average molecular weight is 326 g/mol. The van der Waals surface area contributed by atoms with Crippen molar-refractivity contribution in [1.82, 2.24) is 9.97 Å². The van der Waals surface area contributed by atoms with Crippen LogP contribution in [0.15, 0.2) is 42.7 Å². The number of fused-ring (bicyclic) bond motifs is 1. The number of rotatable bonds is 3. The maximum absolute atomic E-state index is 11.6. The second-order valence-corrected chi connectivity index (χ2v) is 5.81. The van der Waals surface area contributed by atoms with Gasteiger partial charge in [0.1, 0.15) is 9.88 Å². The van der Waals surface area contributed by atoms with Gasteiger partial charge in [-0.05, 0) is 30.3 Å². The van der Waals surface area contributed by atoms with E-state index in [1.165, 1.54) is 0 Å². The number of benzene rings is 1. The summed E-state index contributed by atoms with van der Waals surface area (Å²) < 4.78 is 10.6. The van der Waals surface area contributed by atoms with Gasteiger partial charge in [-0.3, -0.25) is 4.98 Å². The predicted molar refractivity (Wildman–Crippen MR) is 83.9 cm³/mol. The molecule has 0 saturated heterocycles. The summed E-state index contributed by atoms with van der Waals surface area (Å²) in [7, 11) is 0. The Balaban J connectivity index is 1.84. The number of aromatic carboxylic acids is 1. The van der Waals surface area contributed by atoms with Crippen LogP contribution < -0.4 is 9.47 Å². The minimum atomic E-state index is -1.01. The van der Waals surface area contributed by atoms with Crippen molar-refractivity contribution in [2.45, 2.75) is 0 Å². The van der Waals surface area contributed by atoms with Crippen molar-refractivity contribution in [3.8, 4) is 33.3 Å². The highest BCUT2D eigenvalue weighted by Gasteiger charge is 2.22. The van der Waals surface area contributed by atoms with E-state index in [4.69, 9.17) is 9.47 Å². The number of nitrogens with zero attached hydrogens (tertiary/aromatic N) is 2. The van der Waals surface area contributed by atoms with Gasteiger partial charge in [0.25, 0.3) is 0 Å². The van der Waals surface area contributed by atoms with Crippen LogP contribution in [0.1, 0.15) is 9.67 Å². The number of carbonyl (C=O) groups is 1. The van der Waals surface area contributed by atoms with Gasteiger partial charge in [0.15, 0.2) is 11.5 Å². The molecule has 7 heteroatoms. The fourth-order valence-corrected chi connectivity index (χ4v) is 3.23. The maximum Gasteiger partial charge on any atom is 0.348 e. The summed E-state index contributed by atoms with van der Waals surface area (Å²) in [6.45, 7) is 0.169. The van der Waals surface area contributed by atoms with Crippen LogP contribution in [0.4, 0.5) is 0 Å². The topological polar surface area (TPSA) is 81.5 Å². The van der Waals surface area contributed by atoms with E-state index in [1.807, 2.05) is 6.07 Å². The molecule has 3 aromatic rings. The summed E-state index contributed by atoms with van der Waals surface area (Å²) in [4.78, 5) is 20.3. The molecule has 1 aliphatic heterocycles. The summed E-state index contributed by atoms with van der Waals surface area (Å²) in [5, 5.41) is 10.1. The van der Waals surface area contributed by atoms with Crippen molar-refractivity contribution in [1.29, 1.82) is 0 Å². The van der Waals surface area contributed by atoms with Crippen molar-refractivity contribution >= 4 is 17.3 Å². The van der Waals surface area contributed by atoms with Gasteiger partial charge in [0.05, 0.1) is 5.69 Å². The molecule has 0 fully saturated rings. The first kappa shape index (κ1) is 13.7. The standard InChI is InChI=1S/C16H10N2O4S/c19-16(20)14-13(9-3-4-11-12(6-9)22-8-21-11)18-15(23-14)10-2-1-5-17-7-10/h1-7H,8H2,(H,19,20). The van der Waals surface area contributed by atoms with Gasteiger partial charge >= 0.3 is 5.97 Å². The van der Waals surface area contributed by atoms with Crippen molar-refractivity contribution in [3.63, 3.8) is 0 Å². The van der Waals surface area contributed by atoms with E-state index >= 15 is 0 Å². The number of hydrogen-bond acceptors (Lipinski definition) is 6. The average Bonchev–Trinajstić information content (AvgIpc) is 3.22. The Kier molecular flexibility index (Phi) is 3.20. The minimum absolute atomic E-state index is 0.169. The van der Waals surface area contributed by atoms with E-state index in [1.54, 1.807) is 36.7 Å². The molecular formula is C16H10N2O4S. The zero-order valence-corrected chi connectivity index (χ0v) is 12.5. The summed E-state index contributed by atoms with van der Waals surface area (Å²) in [6.07, 6.45) is 3.32. The summed E-state index contributed by atoms with van der Waals surface area (Å²) in [5.74, 6) is 0.230. The summed E-state index contributed by atoms with van der Waals surface area (Å²) in [6, 6.07) is 8.92. The fourth-order valence-electron chi connectivity index (χ4n) is 2.32. The van der Waals surface area contributed by atoms with Gasteiger partial charge < -0.3 is 14.6 Å². The van der Waals surface area contributed by atoms with Crippen molar-refractivity contribution in [2.75, 3.05) is 6.79 Å². The summed E-state index contributed by atoms with van der Waals surface area (Å²) in [5.41, 5.74) is 1.88.